The number of carbonyl (C=O) groups excluding carboxylic acids is 2. The van der Waals surface area contributed by atoms with E-state index in [1.54, 1.807) is 13.2 Å². The standard InChI is InChI=1S/C23H23N3O3/c1-16-3-7-19(8-4-16)26-23(28)21-15-18(12-14-24-21)22(27)25-13-11-17-5-9-20(29-2)10-6-17/h3-10,12,14-15H,11,13H2,1-2H3,(H,25,27)(H,26,28). The van der Waals surface area contributed by atoms with E-state index >= 15 is 0 Å². The Morgan fingerprint density at radius 1 is 0.966 bits per heavy atom. The van der Waals surface area contributed by atoms with Gasteiger partial charge >= 0.3 is 0 Å². The van der Waals surface area contributed by atoms with E-state index in [1.165, 1.54) is 12.3 Å². The summed E-state index contributed by atoms with van der Waals surface area (Å²) in [6, 6.07) is 18.3. The van der Waals surface area contributed by atoms with E-state index in [0.717, 1.165) is 16.9 Å². The lowest BCUT2D eigenvalue weighted by molar-refractivity contribution is 0.0954. The summed E-state index contributed by atoms with van der Waals surface area (Å²) in [7, 11) is 1.62. The number of aromatic nitrogens is 1. The fourth-order valence-corrected chi connectivity index (χ4v) is 2.74. The number of nitrogens with zero attached hydrogens (tertiary/aromatic N) is 1. The molecule has 3 rings (SSSR count). The Bertz CT molecular complexity index is 983. The first-order chi connectivity index (χ1) is 14.0. The average Bonchev–Trinajstić information content (AvgIpc) is 2.76. The number of rotatable bonds is 7. The number of pyridine rings is 1. The molecule has 29 heavy (non-hydrogen) atoms. The van der Waals surface area contributed by atoms with Gasteiger partial charge in [0.05, 0.1) is 7.11 Å². The van der Waals surface area contributed by atoms with E-state index in [2.05, 4.69) is 15.6 Å². The molecule has 148 valence electrons. The van der Waals surface area contributed by atoms with Crippen molar-refractivity contribution >= 4 is 17.5 Å². The number of aryl methyl sites for hydroxylation is 1. The molecule has 2 amide bonds. The quantitative estimate of drug-likeness (QED) is 0.647. The molecule has 6 nitrogen and oxygen atoms in total. The monoisotopic (exact) mass is 389 g/mol. The molecule has 0 radical (unpaired) electrons. The fraction of sp³-hybridized carbons (Fsp3) is 0.174. The van der Waals surface area contributed by atoms with Crippen LogP contribution in [-0.4, -0.2) is 30.5 Å². The van der Waals surface area contributed by atoms with Crippen LogP contribution in [0.2, 0.25) is 0 Å². The summed E-state index contributed by atoms with van der Waals surface area (Å²) in [5.74, 6) is 0.193. The van der Waals surface area contributed by atoms with E-state index in [0.29, 0.717) is 24.2 Å². The van der Waals surface area contributed by atoms with Crippen LogP contribution < -0.4 is 15.4 Å². The van der Waals surface area contributed by atoms with Gasteiger partial charge in [-0.25, -0.2) is 0 Å². The van der Waals surface area contributed by atoms with Crippen molar-refractivity contribution in [3.63, 3.8) is 0 Å². The van der Waals surface area contributed by atoms with Crippen LogP contribution in [0.1, 0.15) is 32.0 Å². The van der Waals surface area contributed by atoms with E-state index in [1.807, 2.05) is 55.5 Å². The smallest absolute Gasteiger partial charge is 0.274 e. The third-order valence-electron chi connectivity index (χ3n) is 4.42. The highest BCUT2D eigenvalue weighted by Gasteiger charge is 2.12. The molecule has 0 saturated carbocycles. The lowest BCUT2D eigenvalue weighted by Gasteiger charge is -2.08. The summed E-state index contributed by atoms with van der Waals surface area (Å²) in [4.78, 5) is 28.9. The van der Waals surface area contributed by atoms with Gasteiger partial charge in [0, 0.05) is 24.0 Å². The van der Waals surface area contributed by atoms with Gasteiger partial charge in [-0.2, -0.15) is 0 Å². The Labute approximate surface area is 169 Å². The zero-order valence-electron chi connectivity index (χ0n) is 16.4. The molecule has 0 spiro atoms. The SMILES string of the molecule is COc1ccc(CCNC(=O)c2ccnc(C(=O)Nc3ccc(C)cc3)c2)cc1. The van der Waals surface area contributed by atoms with Crippen LogP contribution in [0.4, 0.5) is 5.69 Å². The van der Waals surface area contributed by atoms with Gasteiger partial charge in [0.25, 0.3) is 11.8 Å². The molecule has 3 aromatic rings. The van der Waals surface area contributed by atoms with Gasteiger partial charge in [-0.3, -0.25) is 14.6 Å². The summed E-state index contributed by atoms with van der Waals surface area (Å²) in [6.45, 7) is 2.46. The number of hydrogen-bond donors (Lipinski definition) is 2. The molecule has 0 aliphatic rings. The third kappa shape index (κ3) is 5.65. The second-order valence-electron chi connectivity index (χ2n) is 6.60. The topological polar surface area (TPSA) is 80.3 Å². The van der Waals surface area contributed by atoms with Crippen LogP contribution >= 0.6 is 0 Å². The predicted molar refractivity (Wildman–Crippen MR) is 112 cm³/mol. The minimum Gasteiger partial charge on any atom is -0.497 e. The molecule has 0 aliphatic carbocycles. The van der Waals surface area contributed by atoms with Crippen LogP contribution in [0.15, 0.2) is 66.9 Å². The maximum atomic E-state index is 12.4. The fourth-order valence-electron chi connectivity index (χ4n) is 2.74. The largest absolute Gasteiger partial charge is 0.497 e. The van der Waals surface area contributed by atoms with Crippen LogP contribution in [0, 0.1) is 6.92 Å². The minimum atomic E-state index is -0.360. The third-order valence-corrected chi connectivity index (χ3v) is 4.42. The second-order valence-corrected chi connectivity index (χ2v) is 6.60. The summed E-state index contributed by atoms with van der Waals surface area (Å²) in [6.07, 6.45) is 2.16. The highest BCUT2D eigenvalue weighted by Crippen LogP contribution is 2.12. The normalized spacial score (nSPS) is 10.3. The molecule has 1 heterocycles. The van der Waals surface area contributed by atoms with E-state index in [9.17, 15) is 9.59 Å². The Hall–Kier alpha value is -3.67. The Kier molecular flexibility index (Phi) is 6.58. The predicted octanol–water partition coefficient (Wildman–Crippen LogP) is 3.62. The molecule has 6 heteroatoms. The molecular weight excluding hydrogens is 366 g/mol. The molecule has 2 N–H and O–H groups in total. The number of methoxy groups -OCH3 is 1. The summed E-state index contributed by atoms with van der Waals surface area (Å²) in [5.41, 5.74) is 3.46. The van der Waals surface area contributed by atoms with Gasteiger partial charge in [-0.1, -0.05) is 29.8 Å². The van der Waals surface area contributed by atoms with Gasteiger partial charge in [-0.05, 0) is 55.3 Å². The van der Waals surface area contributed by atoms with Crippen molar-refractivity contribution in [2.24, 2.45) is 0 Å². The van der Waals surface area contributed by atoms with Crippen molar-refractivity contribution in [2.45, 2.75) is 13.3 Å². The van der Waals surface area contributed by atoms with Gasteiger partial charge in [0.1, 0.15) is 11.4 Å². The maximum absolute atomic E-state index is 12.4. The van der Waals surface area contributed by atoms with Gasteiger partial charge in [-0.15, -0.1) is 0 Å². The molecule has 0 bridgehead atoms. The van der Waals surface area contributed by atoms with Crippen molar-refractivity contribution in [3.05, 3.63) is 89.2 Å². The Balaban J connectivity index is 1.56. The zero-order valence-corrected chi connectivity index (χ0v) is 16.4. The summed E-state index contributed by atoms with van der Waals surface area (Å²) in [5, 5.41) is 5.65. The van der Waals surface area contributed by atoms with Crippen molar-refractivity contribution < 1.29 is 14.3 Å². The zero-order chi connectivity index (χ0) is 20.6. The summed E-state index contributed by atoms with van der Waals surface area (Å²) >= 11 is 0. The first-order valence-corrected chi connectivity index (χ1v) is 9.30. The van der Waals surface area contributed by atoms with Crippen molar-refractivity contribution in [3.8, 4) is 5.75 Å². The van der Waals surface area contributed by atoms with Crippen molar-refractivity contribution in [1.29, 1.82) is 0 Å². The maximum Gasteiger partial charge on any atom is 0.274 e. The molecular formula is C23H23N3O3. The van der Waals surface area contributed by atoms with E-state index < -0.39 is 0 Å². The lowest BCUT2D eigenvalue weighted by atomic mass is 10.1. The summed E-state index contributed by atoms with van der Waals surface area (Å²) < 4.78 is 5.13. The highest BCUT2D eigenvalue weighted by atomic mass is 16.5. The molecule has 0 unspecified atom stereocenters. The number of carbonyl (C=O) groups is 2. The van der Waals surface area contributed by atoms with Gasteiger partial charge in [0.2, 0.25) is 0 Å². The number of benzene rings is 2. The van der Waals surface area contributed by atoms with Crippen LogP contribution in [-0.2, 0) is 6.42 Å². The number of amides is 2. The molecule has 0 atom stereocenters. The second kappa shape index (κ2) is 9.50. The first-order valence-electron chi connectivity index (χ1n) is 9.30. The highest BCUT2D eigenvalue weighted by molar-refractivity contribution is 6.04. The molecule has 0 saturated heterocycles. The van der Waals surface area contributed by atoms with Crippen molar-refractivity contribution in [2.75, 3.05) is 19.0 Å². The lowest BCUT2D eigenvalue weighted by Crippen LogP contribution is -2.26. The molecule has 1 aromatic heterocycles. The van der Waals surface area contributed by atoms with Gasteiger partial charge < -0.3 is 15.4 Å². The first kappa shape index (κ1) is 20.1. The van der Waals surface area contributed by atoms with Crippen LogP contribution in [0.3, 0.4) is 0 Å². The van der Waals surface area contributed by atoms with Crippen LogP contribution in [0.5, 0.6) is 5.75 Å². The number of ether oxygens (including phenoxy) is 1. The number of anilines is 1. The number of nitrogens with one attached hydrogen (secondary N) is 2. The van der Waals surface area contributed by atoms with E-state index in [4.69, 9.17) is 4.74 Å². The van der Waals surface area contributed by atoms with E-state index in [-0.39, 0.29) is 17.5 Å². The molecule has 0 fully saturated rings. The van der Waals surface area contributed by atoms with Crippen molar-refractivity contribution in [1.82, 2.24) is 10.3 Å². The van der Waals surface area contributed by atoms with Crippen LogP contribution in [0.25, 0.3) is 0 Å². The average molecular weight is 389 g/mol. The van der Waals surface area contributed by atoms with Gasteiger partial charge in [0.15, 0.2) is 0 Å². The number of hydrogen-bond acceptors (Lipinski definition) is 4. The minimum absolute atomic E-state index is 0.188. The Morgan fingerprint density at radius 3 is 2.38 bits per heavy atom. The molecule has 2 aromatic carbocycles. The molecule has 0 aliphatic heterocycles. The Morgan fingerprint density at radius 2 is 1.69 bits per heavy atom.